The fourth-order valence-corrected chi connectivity index (χ4v) is 1.63. The molecule has 1 unspecified atom stereocenters. The van der Waals surface area contributed by atoms with Gasteiger partial charge < -0.3 is 20.4 Å². The Kier molecular flexibility index (Phi) is 4.31. The normalized spacial score (nSPS) is 24.9. The number of hydrogen-bond donors (Lipinski definition) is 3. The lowest BCUT2D eigenvalue weighted by Gasteiger charge is -2.31. The molecule has 0 bridgehead atoms. The van der Waals surface area contributed by atoms with E-state index in [1.54, 1.807) is 6.92 Å². The molecule has 0 aromatic carbocycles. The molecular formula is C10H22N2O2. The zero-order valence-corrected chi connectivity index (χ0v) is 9.16. The van der Waals surface area contributed by atoms with E-state index in [4.69, 9.17) is 5.11 Å². The third kappa shape index (κ3) is 3.92. The van der Waals surface area contributed by atoms with Crippen LogP contribution in [0.25, 0.3) is 0 Å². The number of rotatable bonds is 4. The third-order valence-corrected chi connectivity index (χ3v) is 2.83. The quantitative estimate of drug-likeness (QED) is 0.570. The minimum Gasteiger partial charge on any atom is -0.393 e. The van der Waals surface area contributed by atoms with Crippen molar-refractivity contribution in [3.05, 3.63) is 0 Å². The van der Waals surface area contributed by atoms with Gasteiger partial charge in [0.1, 0.15) is 0 Å². The van der Waals surface area contributed by atoms with Crippen molar-refractivity contribution in [2.24, 2.45) is 0 Å². The number of hydrogen-bond acceptors (Lipinski definition) is 4. The van der Waals surface area contributed by atoms with Crippen molar-refractivity contribution in [2.45, 2.75) is 31.4 Å². The number of piperidine rings is 1. The van der Waals surface area contributed by atoms with E-state index >= 15 is 0 Å². The van der Waals surface area contributed by atoms with Crippen LogP contribution < -0.4 is 5.32 Å². The van der Waals surface area contributed by atoms with Crippen molar-refractivity contribution < 1.29 is 10.2 Å². The topological polar surface area (TPSA) is 55.7 Å². The van der Waals surface area contributed by atoms with Gasteiger partial charge in [0.15, 0.2) is 0 Å². The summed E-state index contributed by atoms with van der Waals surface area (Å²) < 4.78 is 0. The molecule has 3 N–H and O–H groups in total. The molecule has 0 saturated carbocycles. The smallest absolute Gasteiger partial charge is 0.0972 e. The average Bonchev–Trinajstić information content (AvgIpc) is 2.17. The number of aliphatic hydroxyl groups excluding tert-OH is 1. The van der Waals surface area contributed by atoms with Crippen LogP contribution in [-0.2, 0) is 0 Å². The van der Waals surface area contributed by atoms with E-state index in [0.717, 1.165) is 25.9 Å². The maximum atomic E-state index is 9.58. The number of likely N-dealkylation sites (tertiary alicyclic amines) is 1. The van der Waals surface area contributed by atoms with Crippen LogP contribution in [0, 0.1) is 0 Å². The van der Waals surface area contributed by atoms with Gasteiger partial charge in [0, 0.05) is 12.6 Å². The zero-order chi connectivity index (χ0) is 10.6. The van der Waals surface area contributed by atoms with Crippen LogP contribution in [0.15, 0.2) is 0 Å². The predicted molar refractivity (Wildman–Crippen MR) is 56.2 cm³/mol. The van der Waals surface area contributed by atoms with Crippen molar-refractivity contribution in [2.75, 3.05) is 33.3 Å². The summed E-state index contributed by atoms with van der Waals surface area (Å²) in [5.41, 5.74) is -0.983. The monoisotopic (exact) mass is 202 g/mol. The Morgan fingerprint density at radius 3 is 2.50 bits per heavy atom. The molecule has 1 aliphatic heterocycles. The number of aliphatic hydroxyl groups is 2. The van der Waals surface area contributed by atoms with Gasteiger partial charge in [0.2, 0.25) is 0 Å². The van der Waals surface area contributed by atoms with Gasteiger partial charge in [-0.2, -0.15) is 0 Å². The second-order valence-corrected chi connectivity index (χ2v) is 4.61. The Hall–Kier alpha value is -0.160. The number of nitrogens with one attached hydrogen (secondary N) is 1. The minimum atomic E-state index is -0.983. The lowest BCUT2D eigenvalue weighted by molar-refractivity contribution is -0.000694. The SMILES string of the molecule is CN1CCC(NCC(C)(O)CO)CC1. The molecule has 4 heteroatoms. The maximum absolute atomic E-state index is 9.58. The van der Waals surface area contributed by atoms with E-state index in [1.807, 2.05) is 0 Å². The fourth-order valence-electron chi connectivity index (χ4n) is 1.63. The summed E-state index contributed by atoms with van der Waals surface area (Å²) in [5, 5.41) is 21.7. The van der Waals surface area contributed by atoms with Crippen molar-refractivity contribution >= 4 is 0 Å². The Morgan fingerprint density at radius 1 is 1.43 bits per heavy atom. The molecule has 1 saturated heterocycles. The predicted octanol–water partition coefficient (Wildman–Crippen LogP) is -0.586. The molecule has 0 amide bonds. The summed E-state index contributed by atoms with van der Waals surface area (Å²) in [4.78, 5) is 2.31. The van der Waals surface area contributed by atoms with Crippen LogP contribution in [0.2, 0.25) is 0 Å². The summed E-state index contributed by atoms with van der Waals surface area (Å²) in [6.45, 7) is 4.15. The first-order valence-electron chi connectivity index (χ1n) is 5.29. The highest BCUT2D eigenvalue weighted by Gasteiger charge is 2.22. The van der Waals surface area contributed by atoms with Gasteiger partial charge in [-0.05, 0) is 39.9 Å². The first kappa shape index (κ1) is 11.9. The fraction of sp³-hybridized carbons (Fsp3) is 1.00. The standard InChI is InChI=1S/C10H22N2O2/c1-10(14,8-13)7-11-9-3-5-12(2)6-4-9/h9,11,13-14H,3-8H2,1-2H3. The molecule has 1 atom stereocenters. The average molecular weight is 202 g/mol. The highest BCUT2D eigenvalue weighted by molar-refractivity contribution is 4.80. The molecule has 1 rings (SSSR count). The summed E-state index contributed by atoms with van der Waals surface area (Å²) in [7, 11) is 2.13. The highest BCUT2D eigenvalue weighted by Crippen LogP contribution is 2.09. The van der Waals surface area contributed by atoms with Crippen LogP contribution in [0.1, 0.15) is 19.8 Å². The van der Waals surface area contributed by atoms with Gasteiger partial charge in [-0.25, -0.2) is 0 Å². The Bertz CT molecular complexity index is 166. The summed E-state index contributed by atoms with van der Waals surface area (Å²) in [6.07, 6.45) is 2.25. The Labute approximate surface area is 85.9 Å². The molecule has 0 aliphatic carbocycles. The van der Waals surface area contributed by atoms with Crippen LogP contribution in [0.3, 0.4) is 0 Å². The van der Waals surface area contributed by atoms with Crippen LogP contribution in [0.4, 0.5) is 0 Å². The minimum absolute atomic E-state index is 0.188. The van der Waals surface area contributed by atoms with Gasteiger partial charge in [0.25, 0.3) is 0 Å². The van der Waals surface area contributed by atoms with E-state index in [0.29, 0.717) is 12.6 Å². The Morgan fingerprint density at radius 2 is 2.00 bits per heavy atom. The molecule has 0 radical (unpaired) electrons. The van der Waals surface area contributed by atoms with E-state index < -0.39 is 5.60 Å². The van der Waals surface area contributed by atoms with Crippen LogP contribution >= 0.6 is 0 Å². The van der Waals surface area contributed by atoms with Crippen LogP contribution in [-0.4, -0.2) is 60.0 Å². The maximum Gasteiger partial charge on any atom is 0.0972 e. The Balaban J connectivity index is 2.19. The van der Waals surface area contributed by atoms with Crippen LogP contribution in [0.5, 0.6) is 0 Å². The first-order chi connectivity index (χ1) is 6.53. The van der Waals surface area contributed by atoms with Gasteiger partial charge in [0.05, 0.1) is 12.2 Å². The van der Waals surface area contributed by atoms with Gasteiger partial charge in [-0.3, -0.25) is 0 Å². The number of nitrogens with zero attached hydrogens (tertiary/aromatic N) is 1. The van der Waals surface area contributed by atoms with Crippen molar-refractivity contribution in [1.82, 2.24) is 10.2 Å². The molecule has 0 aromatic heterocycles. The lowest BCUT2D eigenvalue weighted by atomic mass is 10.0. The largest absolute Gasteiger partial charge is 0.393 e. The molecule has 0 aromatic rings. The van der Waals surface area contributed by atoms with Crippen molar-refractivity contribution in [3.8, 4) is 0 Å². The second-order valence-electron chi connectivity index (χ2n) is 4.61. The first-order valence-corrected chi connectivity index (χ1v) is 5.29. The summed E-state index contributed by atoms with van der Waals surface area (Å²) in [6, 6.07) is 0.490. The van der Waals surface area contributed by atoms with E-state index in [1.165, 1.54) is 0 Å². The van der Waals surface area contributed by atoms with E-state index in [-0.39, 0.29) is 6.61 Å². The molecule has 1 aliphatic rings. The molecule has 1 fully saturated rings. The molecule has 0 spiro atoms. The van der Waals surface area contributed by atoms with Gasteiger partial charge in [-0.15, -0.1) is 0 Å². The van der Waals surface area contributed by atoms with E-state index in [2.05, 4.69) is 17.3 Å². The second kappa shape index (κ2) is 5.07. The van der Waals surface area contributed by atoms with Crippen molar-refractivity contribution in [1.29, 1.82) is 0 Å². The zero-order valence-electron chi connectivity index (χ0n) is 9.16. The molecule has 1 heterocycles. The lowest BCUT2D eigenvalue weighted by Crippen LogP contribution is -2.48. The molecule has 4 nitrogen and oxygen atoms in total. The summed E-state index contributed by atoms with van der Waals surface area (Å²) >= 11 is 0. The van der Waals surface area contributed by atoms with Crippen molar-refractivity contribution in [3.63, 3.8) is 0 Å². The summed E-state index contributed by atoms with van der Waals surface area (Å²) in [5.74, 6) is 0. The van der Waals surface area contributed by atoms with Gasteiger partial charge in [-0.1, -0.05) is 0 Å². The molecule has 84 valence electrons. The molecule has 14 heavy (non-hydrogen) atoms. The molecular weight excluding hydrogens is 180 g/mol. The highest BCUT2D eigenvalue weighted by atomic mass is 16.3. The third-order valence-electron chi connectivity index (χ3n) is 2.83. The van der Waals surface area contributed by atoms with E-state index in [9.17, 15) is 5.11 Å². The van der Waals surface area contributed by atoms with Gasteiger partial charge >= 0.3 is 0 Å².